The van der Waals surface area contributed by atoms with Crippen LogP contribution in [0.4, 0.5) is 0 Å². The molecule has 0 radical (unpaired) electrons. The van der Waals surface area contributed by atoms with Gasteiger partial charge in [0.05, 0.1) is 5.60 Å². The lowest BCUT2D eigenvalue weighted by Gasteiger charge is -2.33. The maximum absolute atomic E-state index is 10.3. The van der Waals surface area contributed by atoms with Gasteiger partial charge < -0.3 is 15.3 Å². The molecule has 1 aliphatic rings. The number of nitrogens with one attached hydrogen (secondary N) is 1. The van der Waals surface area contributed by atoms with Crippen LogP contribution < -0.4 is 5.32 Å². The molecule has 1 saturated carbocycles. The van der Waals surface area contributed by atoms with Crippen LogP contribution >= 0.6 is 0 Å². The Balaban J connectivity index is 2.22. The summed E-state index contributed by atoms with van der Waals surface area (Å²) in [5.74, 6) is 0. The van der Waals surface area contributed by atoms with Gasteiger partial charge in [0.25, 0.3) is 0 Å². The monoisotopic (exact) mass is 214 g/mol. The van der Waals surface area contributed by atoms with Gasteiger partial charge in [0.15, 0.2) is 0 Å². The van der Waals surface area contributed by atoms with Crippen molar-refractivity contribution in [3.63, 3.8) is 0 Å². The highest BCUT2D eigenvalue weighted by atomic mass is 16.3. The SMILES string of the molecule is CC(CN(C)C)NCC1(O)CCCCC1. The van der Waals surface area contributed by atoms with Gasteiger partial charge in [-0.3, -0.25) is 0 Å². The minimum atomic E-state index is -0.432. The molecule has 0 heterocycles. The molecule has 1 atom stereocenters. The van der Waals surface area contributed by atoms with Crippen molar-refractivity contribution >= 4 is 0 Å². The van der Waals surface area contributed by atoms with E-state index < -0.39 is 5.60 Å². The van der Waals surface area contributed by atoms with Crippen molar-refractivity contribution in [2.75, 3.05) is 27.2 Å². The lowest BCUT2D eigenvalue weighted by Crippen LogP contribution is -2.47. The van der Waals surface area contributed by atoms with Crippen molar-refractivity contribution in [2.45, 2.75) is 50.7 Å². The normalized spacial score (nSPS) is 23.0. The van der Waals surface area contributed by atoms with E-state index in [0.717, 1.165) is 25.9 Å². The van der Waals surface area contributed by atoms with E-state index in [4.69, 9.17) is 0 Å². The summed E-state index contributed by atoms with van der Waals surface area (Å²) in [4.78, 5) is 2.17. The van der Waals surface area contributed by atoms with Gasteiger partial charge in [-0.2, -0.15) is 0 Å². The summed E-state index contributed by atoms with van der Waals surface area (Å²) in [7, 11) is 4.15. The van der Waals surface area contributed by atoms with E-state index in [9.17, 15) is 5.11 Å². The average molecular weight is 214 g/mol. The summed E-state index contributed by atoms with van der Waals surface area (Å²) in [5.41, 5.74) is -0.432. The minimum absolute atomic E-state index is 0.432. The lowest BCUT2D eigenvalue weighted by atomic mass is 9.85. The van der Waals surface area contributed by atoms with Crippen LogP contribution in [0.3, 0.4) is 0 Å². The zero-order chi connectivity index (χ0) is 11.3. The zero-order valence-corrected chi connectivity index (χ0v) is 10.4. The molecular weight excluding hydrogens is 188 g/mol. The van der Waals surface area contributed by atoms with Crippen LogP contribution in [0.5, 0.6) is 0 Å². The maximum Gasteiger partial charge on any atom is 0.0771 e. The van der Waals surface area contributed by atoms with E-state index >= 15 is 0 Å². The van der Waals surface area contributed by atoms with Crippen molar-refractivity contribution in [2.24, 2.45) is 0 Å². The predicted octanol–water partition coefficient (Wildman–Crippen LogP) is 1.22. The van der Waals surface area contributed by atoms with Crippen LogP contribution in [-0.4, -0.2) is 48.8 Å². The number of hydrogen-bond donors (Lipinski definition) is 2. The summed E-state index contributed by atoms with van der Waals surface area (Å²) in [6.45, 7) is 3.95. The van der Waals surface area contributed by atoms with E-state index in [1.165, 1.54) is 19.3 Å². The van der Waals surface area contributed by atoms with Crippen molar-refractivity contribution in [1.29, 1.82) is 0 Å². The Morgan fingerprint density at radius 1 is 1.27 bits per heavy atom. The van der Waals surface area contributed by atoms with Gasteiger partial charge in [0.1, 0.15) is 0 Å². The number of aliphatic hydroxyl groups is 1. The van der Waals surface area contributed by atoms with Gasteiger partial charge >= 0.3 is 0 Å². The van der Waals surface area contributed by atoms with Crippen molar-refractivity contribution in [1.82, 2.24) is 10.2 Å². The van der Waals surface area contributed by atoms with Gasteiger partial charge in [-0.05, 0) is 33.9 Å². The Morgan fingerprint density at radius 3 is 2.40 bits per heavy atom. The van der Waals surface area contributed by atoms with E-state index in [-0.39, 0.29) is 0 Å². The van der Waals surface area contributed by atoms with Crippen LogP contribution in [0.2, 0.25) is 0 Å². The first kappa shape index (κ1) is 12.9. The number of likely N-dealkylation sites (N-methyl/N-ethyl adjacent to an activating group) is 1. The Labute approximate surface area is 93.9 Å². The van der Waals surface area contributed by atoms with Gasteiger partial charge in [0.2, 0.25) is 0 Å². The van der Waals surface area contributed by atoms with E-state index in [2.05, 4.69) is 31.2 Å². The molecule has 1 rings (SSSR count). The van der Waals surface area contributed by atoms with Crippen LogP contribution in [0, 0.1) is 0 Å². The van der Waals surface area contributed by atoms with Crippen molar-refractivity contribution in [3.8, 4) is 0 Å². The Bertz CT molecular complexity index is 176. The van der Waals surface area contributed by atoms with Crippen LogP contribution in [0.25, 0.3) is 0 Å². The third kappa shape index (κ3) is 4.96. The summed E-state index contributed by atoms with van der Waals surface area (Å²) in [6, 6.07) is 0.450. The quantitative estimate of drug-likeness (QED) is 0.722. The van der Waals surface area contributed by atoms with Crippen LogP contribution in [0.1, 0.15) is 39.0 Å². The highest BCUT2D eigenvalue weighted by Gasteiger charge is 2.28. The molecule has 0 aliphatic heterocycles. The molecule has 3 heteroatoms. The molecule has 0 bridgehead atoms. The standard InChI is InChI=1S/C12H26N2O/c1-11(9-14(2)3)13-10-12(15)7-5-4-6-8-12/h11,13,15H,4-10H2,1-3H3. The van der Waals surface area contributed by atoms with Crippen molar-refractivity contribution in [3.05, 3.63) is 0 Å². The maximum atomic E-state index is 10.3. The summed E-state index contributed by atoms with van der Waals surface area (Å²) < 4.78 is 0. The van der Waals surface area contributed by atoms with E-state index in [1.54, 1.807) is 0 Å². The molecule has 0 amide bonds. The number of hydrogen-bond acceptors (Lipinski definition) is 3. The molecule has 3 nitrogen and oxygen atoms in total. The lowest BCUT2D eigenvalue weighted by molar-refractivity contribution is 0.00252. The fourth-order valence-corrected chi connectivity index (χ4v) is 2.36. The number of nitrogens with zero attached hydrogens (tertiary/aromatic N) is 1. The first-order valence-electron chi connectivity index (χ1n) is 6.12. The Hall–Kier alpha value is -0.120. The second kappa shape index (κ2) is 5.83. The molecule has 1 aliphatic carbocycles. The molecule has 0 saturated heterocycles. The summed E-state index contributed by atoms with van der Waals surface area (Å²) in [5, 5.41) is 13.7. The molecule has 1 fully saturated rings. The second-order valence-electron chi connectivity index (χ2n) is 5.33. The number of rotatable bonds is 5. The Morgan fingerprint density at radius 2 is 1.87 bits per heavy atom. The molecule has 0 aromatic heterocycles. The Kier molecular flexibility index (Phi) is 5.03. The van der Waals surface area contributed by atoms with E-state index in [1.807, 2.05) is 0 Å². The topological polar surface area (TPSA) is 35.5 Å². The third-order valence-electron chi connectivity index (χ3n) is 3.20. The summed E-state index contributed by atoms with van der Waals surface area (Å²) in [6.07, 6.45) is 5.58. The van der Waals surface area contributed by atoms with Crippen LogP contribution in [0.15, 0.2) is 0 Å². The highest BCUT2D eigenvalue weighted by Crippen LogP contribution is 2.27. The smallest absolute Gasteiger partial charge is 0.0771 e. The zero-order valence-electron chi connectivity index (χ0n) is 10.4. The first-order valence-corrected chi connectivity index (χ1v) is 6.12. The second-order valence-corrected chi connectivity index (χ2v) is 5.33. The predicted molar refractivity (Wildman–Crippen MR) is 64.1 cm³/mol. The molecule has 0 spiro atoms. The molecule has 2 N–H and O–H groups in total. The molecular formula is C12H26N2O. The molecule has 0 aromatic rings. The first-order chi connectivity index (χ1) is 7.02. The molecule has 15 heavy (non-hydrogen) atoms. The highest BCUT2D eigenvalue weighted by molar-refractivity contribution is 4.85. The van der Waals surface area contributed by atoms with Gasteiger partial charge in [-0.25, -0.2) is 0 Å². The van der Waals surface area contributed by atoms with Gasteiger partial charge in [-0.15, -0.1) is 0 Å². The third-order valence-corrected chi connectivity index (χ3v) is 3.20. The molecule has 90 valence electrons. The fraction of sp³-hybridized carbons (Fsp3) is 1.00. The van der Waals surface area contributed by atoms with Crippen LogP contribution in [-0.2, 0) is 0 Å². The van der Waals surface area contributed by atoms with Gasteiger partial charge in [0, 0.05) is 19.1 Å². The van der Waals surface area contributed by atoms with E-state index in [0.29, 0.717) is 6.04 Å². The molecule has 0 aromatic carbocycles. The molecule has 1 unspecified atom stereocenters. The largest absolute Gasteiger partial charge is 0.389 e. The summed E-state index contributed by atoms with van der Waals surface area (Å²) >= 11 is 0. The van der Waals surface area contributed by atoms with Crippen molar-refractivity contribution < 1.29 is 5.11 Å². The van der Waals surface area contributed by atoms with Gasteiger partial charge in [-0.1, -0.05) is 19.3 Å². The average Bonchev–Trinajstić information content (AvgIpc) is 2.15. The minimum Gasteiger partial charge on any atom is -0.389 e. The fourth-order valence-electron chi connectivity index (χ4n) is 2.36.